The van der Waals surface area contributed by atoms with Crippen molar-refractivity contribution < 1.29 is 14.4 Å². The SMILES string of the molecule is Cc1noc(CCNC(=O)c2ccccc2C#CCO)n1. The van der Waals surface area contributed by atoms with Crippen molar-refractivity contribution in [3.05, 3.63) is 47.1 Å². The average Bonchev–Trinajstić information content (AvgIpc) is 2.91. The highest BCUT2D eigenvalue weighted by Crippen LogP contribution is 2.07. The summed E-state index contributed by atoms with van der Waals surface area (Å²) >= 11 is 0. The van der Waals surface area contributed by atoms with Crippen molar-refractivity contribution in [1.82, 2.24) is 15.5 Å². The molecule has 0 spiro atoms. The minimum atomic E-state index is -0.244. The third kappa shape index (κ3) is 4.16. The van der Waals surface area contributed by atoms with Crippen molar-refractivity contribution in [2.75, 3.05) is 13.2 Å². The van der Waals surface area contributed by atoms with Gasteiger partial charge in [-0.3, -0.25) is 4.79 Å². The van der Waals surface area contributed by atoms with E-state index in [4.69, 9.17) is 9.63 Å². The fraction of sp³-hybridized carbons (Fsp3) is 0.267. The van der Waals surface area contributed by atoms with E-state index in [1.807, 2.05) is 0 Å². The highest BCUT2D eigenvalue weighted by atomic mass is 16.5. The van der Waals surface area contributed by atoms with Crippen LogP contribution in [-0.2, 0) is 6.42 Å². The molecule has 6 nitrogen and oxygen atoms in total. The lowest BCUT2D eigenvalue weighted by atomic mass is 10.1. The molecule has 0 radical (unpaired) electrons. The molecule has 0 fully saturated rings. The van der Waals surface area contributed by atoms with Gasteiger partial charge in [-0.25, -0.2) is 0 Å². The van der Waals surface area contributed by atoms with Gasteiger partial charge in [-0.05, 0) is 19.1 Å². The number of amides is 1. The zero-order valence-electron chi connectivity index (χ0n) is 11.6. The van der Waals surface area contributed by atoms with Crippen LogP contribution in [0.15, 0.2) is 28.8 Å². The summed E-state index contributed by atoms with van der Waals surface area (Å²) in [5.41, 5.74) is 1.05. The second kappa shape index (κ2) is 7.22. The molecule has 21 heavy (non-hydrogen) atoms. The molecule has 2 aromatic rings. The van der Waals surface area contributed by atoms with Crippen molar-refractivity contribution in [2.45, 2.75) is 13.3 Å². The van der Waals surface area contributed by atoms with Crippen LogP contribution in [-0.4, -0.2) is 34.3 Å². The first-order chi connectivity index (χ1) is 10.2. The van der Waals surface area contributed by atoms with Gasteiger partial charge in [0.1, 0.15) is 6.61 Å². The molecular formula is C15H15N3O3. The molecular weight excluding hydrogens is 270 g/mol. The molecule has 1 heterocycles. The molecule has 0 aliphatic rings. The van der Waals surface area contributed by atoms with Crippen molar-refractivity contribution >= 4 is 5.91 Å². The number of aliphatic hydroxyl groups is 1. The van der Waals surface area contributed by atoms with Gasteiger partial charge in [-0.1, -0.05) is 29.1 Å². The van der Waals surface area contributed by atoms with Crippen LogP contribution in [0.4, 0.5) is 0 Å². The molecule has 0 unspecified atom stereocenters. The van der Waals surface area contributed by atoms with Gasteiger partial charge >= 0.3 is 0 Å². The smallest absolute Gasteiger partial charge is 0.252 e. The summed E-state index contributed by atoms with van der Waals surface area (Å²) in [5, 5.41) is 15.2. The molecule has 0 saturated carbocycles. The van der Waals surface area contributed by atoms with Gasteiger partial charge in [0.25, 0.3) is 5.91 Å². The van der Waals surface area contributed by atoms with Crippen LogP contribution in [0.3, 0.4) is 0 Å². The van der Waals surface area contributed by atoms with Gasteiger partial charge in [0.05, 0.1) is 5.56 Å². The van der Waals surface area contributed by atoms with Crippen LogP contribution in [0.5, 0.6) is 0 Å². The van der Waals surface area contributed by atoms with Crippen molar-refractivity contribution in [2.24, 2.45) is 0 Å². The van der Waals surface area contributed by atoms with Gasteiger partial charge in [-0.15, -0.1) is 0 Å². The third-order valence-electron chi connectivity index (χ3n) is 2.67. The number of carbonyl (C=O) groups is 1. The second-order valence-corrected chi connectivity index (χ2v) is 4.25. The van der Waals surface area contributed by atoms with Gasteiger partial charge in [0.15, 0.2) is 5.82 Å². The zero-order chi connectivity index (χ0) is 15.1. The largest absolute Gasteiger partial charge is 0.384 e. The molecule has 2 rings (SSSR count). The molecule has 0 saturated heterocycles. The minimum absolute atomic E-state index is 0.228. The molecule has 1 aromatic carbocycles. The van der Waals surface area contributed by atoms with E-state index in [2.05, 4.69) is 27.3 Å². The van der Waals surface area contributed by atoms with Crippen molar-refractivity contribution in [3.63, 3.8) is 0 Å². The lowest BCUT2D eigenvalue weighted by molar-refractivity contribution is 0.0953. The fourth-order valence-corrected chi connectivity index (χ4v) is 1.74. The number of carbonyl (C=O) groups excluding carboxylic acids is 1. The zero-order valence-corrected chi connectivity index (χ0v) is 11.6. The molecule has 0 bridgehead atoms. The van der Waals surface area contributed by atoms with E-state index in [1.54, 1.807) is 31.2 Å². The van der Waals surface area contributed by atoms with Crippen LogP contribution in [0.25, 0.3) is 0 Å². The van der Waals surface area contributed by atoms with Crippen LogP contribution in [0.2, 0.25) is 0 Å². The summed E-state index contributed by atoms with van der Waals surface area (Å²) < 4.78 is 4.97. The number of nitrogens with one attached hydrogen (secondary N) is 1. The van der Waals surface area contributed by atoms with Gasteiger partial charge in [0, 0.05) is 18.5 Å². The third-order valence-corrected chi connectivity index (χ3v) is 2.67. The average molecular weight is 285 g/mol. The highest BCUT2D eigenvalue weighted by Gasteiger charge is 2.10. The maximum Gasteiger partial charge on any atom is 0.252 e. The standard InChI is InChI=1S/C15H15N3O3/c1-11-17-14(21-18-11)8-9-16-15(20)13-7-3-2-5-12(13)6-4-10-19/h2-3,5,7,19H,8-10H2,1H3,(H,16,20). The molecule has 0 aliphatic heterocycles. The van der Waals surface area contributed by atoms with Gasteiger partial charge in [0.2, 0.25) is 5.89 Å². The van der Waals surface area contributed by atoms with E-state index in [9.17, 15) is 4.79 Å². The van der Waals surface area contributed by atoms with Crippen LogP contribution in [0.1, 0.15) is 27.6 Å². The summed E-state index contributed by atoms with van der Waals surface area (Å²) in [4.78, 5) is 16.2. The maximum atomic E-state index is 12.1. The molecule has 1 amide bonds. The molecule has 0 atom stereocenters. The Hall–Kier alpha value is -2.65. The Morgan fingerprint density at radius 3 is 2.95 bits per heavy atom. The Balaban J connectivity index is 1.97. The molecule has 1 aromatic heterocycles. The number of aliphatic hydroxyl groups excluding tert-OH is 1. The lowest BCUT2D eigenvalue weighted by Crippen LogP contribution is -2.26. The van der Waals surface area contributed by atoms with Gasteiger partial charge in [-0.2, -0.15) is 4.98 Å². The van der Waals surface area contributed by atoms with Crippen LogP contribution >= 0.6 is 0 Å². The first kappa shape index (κ1) is 14.8. The van der Waals surface area contributed by atoms with E-state index < -0.39 is 0 Å². The first-order valence-corrected chi connectivity index (χ1v) is 6.47. The monoisotopic (exact) mass is 285 g/mol. The minimum Gasteiger partial charge on any atom is -0.384 e. The Labute approximate surface area is 122 Å². The van der Waals surface area contributed by atoms with Crippen LogP contribution < -0.4 is 5.32 Å². The van der Waals surface area contributed by atoms with E-state index >= 15 is 0 Å². The normalized spacial score (nSPS) is 9.81. The Kier molecular flexibility index (Phi) is 5.07. The van der Waals surface area contributed by atoms with E-state index in [-0.39, 0.29) is 12.5 Å². The van der Waals surface area contributed by atoms with Gasteiger partial charge < -0.3 is 14.9 Å². The number of hydrogen-bond acceptors (Lipinski definition) is 5. The molecule has 0 aliphatic carbocycles. The van der Waals surface area contributed by atoms with E-state index in [1.165, 1.54) is 0 Å². The summed E-state index contributed by atoms with van der Waals surface area (Å²) in [6.45, 7) is 1.89. The number of aromatic nitrogens is 2. The number of benzene rings is 1. The lowest BCUT2D eigenvalue weighted by Gasteiger charge is -2.05. The fourth-order valence-electron chi connectivity index (χ4n) is 1.74. The number of aryl methyl sites for hydroxylation is 1. The predicted octanol–water partition coefficient (Wildman–Crippen LogP) is 0.694. The van der Waals surface area contributed by atoms with Crippen molar-refractivity contribution in [1.29, 1.82) is 0 Å². The topological polar surface area (TPSA) is 88.2 Å². The summed E-state index contributed by atoms with van der Waals surface area (Å²) in [6, 6.07) is 6.98. The Morgan fingerprint density at radius 2 is 2.24 bits per heavy atom. The quantitative estimate of drug-likeness (QED) is 0.807. The first-order valence-electron chi connectivity index (χ1n) is 6.47. The van der Waals surface area contributed by atoms with E-state index in [0.717, 1.165) is 0 Å². The summed E-state index contributed by atoms with van der Waals surface area (Å²) in [6.07, 6.45) is 0.469. The maximum absolute atomic E-state index is 12.1. The number of hydrogen-bond donors (Lipinski definition) is 2. The van der Waals surface area contributed by atoms with Crippen molar-refractivity contribution in [3.8, 4) is 11.8 Å². The number of rotatable bonds is 4. The molecule has 6 heteroatoms. The summed E-state index contributed by atoms with van der Waals surface area (Å²) in [7, 11) is 0. The van der Waals surface area contributed by atoms with Crippen LogP contribution in [0, 0.1) is 18.8 Å². The van der Waals surface area contributed by atoms with E-state index in [0.29, 0.717) is 35.8 Å². The molecule has 108 valence electrons. The number of nitrogens with zero attached hydrogens (tertiary/aromatic N) is 2. The summed E-state index contributed by atoms with van der Waals surface area (Å²) in [5.74, 6) is 6.12. The predicted molar refractivity (Wildman–Crippen MR) is 75.5 cm³/mol. The Morgan fingerprint density at radius 1 is 1.43 bits per heavy atom. The second-order valence-electron chi connectivity index (χ2n) is 4.25. The molecule has 2 N–H and O–H groups in total. The Bertz CT molecular complexity index is 683. The highest BCUT2D eigenvalue weighted by molar-refractivity contribution is 5.96.